The van der Waals surface area contributed by atoms with Gasteiger partial charge in [0, 0.05) is 49.2 Å². The first kappa shape index (κ1) is 25.3. The number of rotatable bonds is 3. The Morgan fingerprint density at radius 3 is 2.77 bits per heavy atom. The molecule has 3 aromatic rings. The Bertz CT molecular complexity index is 1560. The van der Waals surface area contributed by atoms with Gasteiger partial charge in [0.15, 0.2) is 0 Å². The molecular weight excluding hydrogens is 506 g/mol. The number of nitrogens with zero attached hydrogens (tertiary/aromatic N) is 4. The topological polar surface area (TPSA) is 87.9 Å². The Hall–Kier alpha value is -3.97. The fraction of sp³-hybridized carbons (Fsp3) is 0.414. The van der Waals surface area contributed by atoms with Crippen molar-refractivity contribution in [2.24, 2.45) is 5.92 Å². The van der Waals surface area contributed by atoms with Crippen molar-refractivity contribution < 1.29 is 28.2 Å². The van der Waals surface area contributed by atoms with Gasteiger partial charge in [-0.25, -0.2) is 4.98 Å². The third-order valence-electron chi connectivity index (χ3n) is 7.83. The molecule has 3 atom stereocenters. The maximum atomic E-state index is 13.3. The zero-order valence-corrected chi connectivity index (χ0v) is 21.8. The summed E-state index contributed by atoms with van der Waals surface area (Å²) in [5, 5.41) is 10.0. The van der Waals surface area contributed by atoms with E-state index in [1.54, 1.807) is 29.0 Å². The number of fused-ring (bicyclic) bond motifs is 9. The molecule has 0 saturated carbocycles. The minimum atomic E-state index is -3.02. The lowest BCUT2D eigenvalue weighted by Crippen LogP contribution is -2.44. The first-order chi connectivity index (χ1) is 18.5. The fourth-order valence-corrected chi connectivity index (χ4v) is 5.99. The van der Waals surface area contributed by atoms with Crippen LogP contribution in [-0.2, 0) is 4.79 Å². The Kier molecular flexibility index (Phi) is 5.88. The SMILES string of the molecule is CN1C(=O)c2cccc(OC(F)F)c2[C@H]2CC1c1nc3ccc(C#CC4CCN(C(=O)C(C)(C)O)C4)cc3n12. The van der Waals surface area contributed by atoms with Gasteiger partial charge in [-0.3, -0.25) is 9.59 Å². The van der Waals surface area contributed by atoms with Gasteiger partial charge in [0.1, 0.15) is 17.2 Å². The highest BCUT2D eigenvalue weighted by Crippen LogP contribution is 2.50. The van der Waals surface area contributed by atoms with Gasteiger partial charge in [-0.1, -0.05) is 17.9 Å². The molecule has 8 nitrogen and oxygen atoms in total. The quantitative estimate of drug-likeness (QED) is 0.518. The summed E-state index contributed by atoms with van der Waals surface area (Å²) in [7, 11) is 1.71. The van der Waals surface area contributed by atoms with Crippen LogP contribution in [0.2, 0.25) is 0 Å². The first-order valence-corrected chi connectivity index (χ1v) is 12.9. The number of likely N-dealkylation sites (tertiary alicyclic amines) is 1. The predicted molar refractivity (Wildman–Crippen MR) is 138 cm³/mol. The molecular formula is C29H28F2N4O4. The van der Waals surface area contributed by atoms with Crippen LogP contribution in [0.3, 0.4) is 0 Å². The molecule has 1 N–H and O–H groups in total. The summed E-state index contributed by atoms with van der Waals surface area (Å²) in [6.07, 6.45) is 1.23. The van der Waals surface area contributed by atoms with Crippen LogP contribution in [0.25, 0.3) is 11.0 Å². The summed E-state index contributed by atoms with van der Waals surface area (Å²) in [5.74, 6) is 6.61. The van der Waals surface area contributed by atoms with Crippen LogP contribution >= 0.6 is 0 Å². The molecule has 1 aromatic heterocycles. The number of aliphatic hydroxyl groups is 1. The molecule has 4 heterocycles. The van der Waals surface area contributed by atoms with Crippen LogP contribution in [0.15, 0.2) is 36.4 Å². The van der Waals surface area contributed by atoms with E-state index in [-0.39, 0.29) is 29.5 Å². The summed E-state index contributed by atoms with van der Waals surface area (Å²) in [5.41, 5.74) is 1.66. The predicted octanol–water partition coefficient (Wildman–Crippen LogP) is 3.73. The average molecular weight is 535 g/mol. The summed E-state index contributed by atoms with van der Waals surface area (Å²) < 4.78 is 33.5. The van der Waals surface area contributed by atoms with Crippen LogP contribution in [0.1, 0.15) is 66.1 Å². The molecule has 0 spiro atoms. The largest absolute Gasteiger partial charge is 0.434 e. The van der Waals surface area contributed by atoms with Crippen LogP contribution in [0.4, 0.5) is 8.78 Å². The highest BCUT2D eigenvalue weighted by Gasteiger charge is 2.45. The van der Waals surface area contributed by atoms with Crippen LogP contribution in [-0.4, -0.2) is 68.6 Å². The molecule has 3 aliphatic heterocycles. The Balaban J connectivity index is 1.37. The summed E-state index contributed by atoms with van der Waals surface area (Å²) >= 11 is 0. The molecule has 39 heavy (non-hydrogen) atoms. The van der Waals surface area contributed by atoms with Gasteiger partial charge in [-0.2, -0.15) is 8.78 Å². The monoisotopic (exact) mass is 534 g/mol. The van der Waals surface area contributed by atoms with E-state index in [0.29, 0.717) is 36.5 Å². The summed E-state index contributed by atoms with van der Waals surface area (Å²) in [6.45, 7) is 0.970. The van der Waals surface area contributed by atoms with Crippen molar-refractivity contribution in [2.75, 3.05) is 20.1 Å². The molecule has 1 fully saturated rings. The van der Waals surface area contributed by atoms with E-state index in [1.807, 2.05) is 22.8 Å². The van der Waals surface area contributed by atoms with Crippen molar-refractivity contribution in [3.63, 3.8) is 0 Å². The van der Waals surface area contributed by atoms with E-state index in [1.165, 1.54) is 19.9 Å². The molecule has 2 amide bonds. The Morgan fingerprint density at radius 2 is 2.03 bits per heavy atom. The molecule has 2 unspecified atom stereocenters. The van der Waals surface area contributed by atoms with Gasteiger partial charge in [-0.15, -0.1) is 0 Å². The number of halogens is 2. The molecule has 2 aromatic carbocycles. The number of imidazole rings is 1. The molecule has 0 radical (unpaired) electrons. The zero-order valence-electron chi connectivity index (χ0n) is 21.8. The second-order valence-electron chi connectivity index (χ2n) is 10.9. The summed E-state index contributed by atoms with van der Waals surface area (Å²) in [4.78, 5) is 33.7. The smallest absolute Gasteiger partial charge is 0.387 e. The van der Waals surface area contributed by atoms with E-state index in [0.717, 1.165) is 23.0 Å². The number of ether oxygens (including phenoxy) is 1. The normalized spacial score (nSPS) is 22.0. The number of hydrogen-bond acceptors (Lipinski definition) is 5. The lowest BCUT2D eigenvalue weighted by atomic mass is 9.97. The second kappa shape index (κ2) is 9.06. The van der Waals surface area contributed by atoms with Crippen molar-refractivity contribution in [3.05, 3.63) is 58.9 Å². The molecule has 0 aliphatic carbocycles. The minimum absolute atomic E-state index is 0.00746. The van der Waals surface area contributed by atoms with E-state index < -0.39 is 18.3 Å². The van der Waals surface area contributed by atoms with Gasteiger partial charge in [0.2, 0.25) is 0 Å². The number of alkyl halides is 2. The van der Waals surface area contributed by atoms with Crippen molar-refractivity contribution >= 4 is 22.8 Å². The fourth-order valence-electron chi connectivity index (χ4n) is 5.99. The third-order valence-corrected chi connectivity index (χ3v) is 7.83. The first-order valence-electron chi connectivity index (χ1n) is 12.9. The van der Waals surface area contributed by atoms with Crippen molar-refractivity contribution in [1.29, 1.82) is 0 Å². The van der Waals surface area contributed by atoms with Crippen LogP contribution in [0.5, 0.6) is 5.75 Å². The van der Waals surface area contributed by atoms with Gasteiger partial charge < -0.3 is 24.2 Å². The molecule has 10 heteroatoms. The maximum absolute atomic E-state index is 13.3. The third kappa shape index (κ3) is 4.21. The van der Waals surface area contributed by atoms with E-state index >= 15 is 0 Å². The average Bonchev–Trinajstić information content (AvgIpc) is 3.58. The van der Waals surface area contributed by atoms with Crippen LogP contribution < -0.4 is 4.74 Å². The number of benzene rings is 2. The Morgan fingerprint density at radius 1 is 1.23 bits per heavy atom. The van der Waals surface area contributed by atoms with E-state index in [2.05, 4.69) is 11.8 Å². The van der Waals surface area contributed by atoms with Crippen molar-refractivity contribution in [1.82, 2.24) is 19.4 Å². The minimum Gasteiger partial charge on any atom is -0.434 e. The maximum Gasteiger partial charge on any atom is 0.387 e. The van der Waals surface area contributed by atoms with Gasteiger partial charge >= 0.3 is 6.61 Å². The van der Waals surface area contributed by atoms with Crippen LogP contribution in [0, 0.1) is 17.8 Å². The lowest BCUT2D eigenvalue weighted by molar-refractivity contribution is -0.146. The van der Waals surface area contributed by atoms with Crippen molar-refractivity contribution in [2.45, 2.75) is 51.0 Å². The molecule has 6 rings (SSSR count). The highest BCUT2D eigenvalue weighted by molar-refractivity contribution is 5.98. The number of aromatic nitrogens is 2. The molecule has 3 aliphatic rings. The van der Waals surface area contributed by atoms with Gasteiger partial charge in [-0.05, 0) is 50.6 Å². The number of carbonyl (C=O) groups is 2. The van der Waals surface area contributed by atoms with E-state index in [4.69, 9.17) is 9.72 Å². The summed E-state index contributed by atoms with van der Waals surface area (Å²) in [6, 6.07) is 9.65. The number of amides is 2. The molecule has 1 saturated heterocycles. The van der Waals surface area contributed by atoms with E-state index in [9.17, 15) is 23.5 Å². The molecule has 2 bridgehead atoms. The lowest BCUT2D eigenvalue weighted by Gasteiger charge is -2.24. The standard InChI is InChI=1S/C29H28F2N4O4/c1-29(2,38)27(37)34-12-11-17(15-34)8-7-16-9-10-19-20(13-16)35-21-14-22(25(35)32-19)33(3)26(36)18-5-4-6-23(24(18)21)39-28(30)31/h4-6,9-10,13,17,21-22,28,38H,11-12,14-15H2,1-3H3/t17?,21-,22?/m1/s1. The van der Waals surface area contributed by atoms with Gasteiger partial charge in [0.25, 0.3) is 11.8 Å². The number of carbonyl (C=O) groups excluding carboxylic acids is 2. The van der Waals surface area contributed by atoms with Crippen molar-refractivity contribution in [3.8, 4) is 17.6 Å². The highest BCUT2D eigenvalue weighted by atomic mass is 19.3. The Labute approximate surface area is 224 Å². The molecule has 202 valence electrons. The number of hydrogen-bond donors (Lipinski definition) is 1. The van der Waals surface area contributed by atoms with Gasteiger partial charge in [0.05, 0.1) is 23.1 Å². The second-order valence-corrected chi connectivity index (χ2v) is 10.9. The zero-order chi connectivity index (χ0) is 27.6.